The van der Waals surface area contributed by atoms with Crippen LogP contribution in [0.15, 0.2) is 42.5 Å². The quantitative estimate of drug-likeness (QED) is 0.375. The molecule has 1 unspecified atom stereocenters. The number of benzene rings is 3. The van der Waals surface area contributed by atoms with E-state index in [1.807, 2.05) is 0 Å². The molecule has 0 aromatic heterocycles. The molecule has 0 fully saturated rings. The fourth-order valence-corrected chi connectivity index (χ4v) is 4.64. The minimum Gasteiger partial charge on any atom is -0.471 e. The van der Waals surface area contributed by atoms with Gasteiger partial charge in [-0.1, -0.05) is 18.5 Å². The van der Waals surface area contributed by atoms with Crippen LogP contribution in [0, 0.1) is 5.82 Å². The summed E-state index contributed by atoms with van der Waals surface area (Å²) < 4.78 is 59.8. The Morgan fingerprint density at radius 1 is 1.19 bits per heavy atom. The van der Waals surface area contributed by atoms with E-state index in [1.165, 1.54) is 30.3 Å². The Hall–Kier alpha value is -3.79. The number of anilines is 2. The monoisotopic (exact) mass is 519 g/mol. The lowest BCUT2D eigenvalue weighted by Crippen LogP contribution is -2.21. The van der Waals surface area contributed by atoms with Crippen LogP contribution in [0.5, 0.6) is 5.75 Å². The molecule has 36 heavy (non-hydrogen) atoms. The van der Waals surface area contributed by atoms with E-state index in [1.54, 1.807) is 6.92 Å². The number of rotatable bonds is 4. The highest BCUT2D eigenvalue weighted by molar-refractivity contribution is 6.31. The number of aryl methyl sites for hydroxylation is 1. The Balaban J connectivity index is 1.62. The summed E-state index contributed by atoms with van der Waals surface area (Å²) >= 11 is 6.30. The van der Waals surface area contributed by atoms with E-state index in [-0.39, 0.29) is 46.3 Å². The summed E-state index contributed by atoms with van der Waals surface area (Å²) in [5.74, 6) is -1.62. The van der Waals surface area contributed by atoms with Crippen molar-refractivity contribution in [3.05, 3.63) is 86.7 Å². The van der Waals surface area contributed by atoms with Crippen molar-refractivity contribution >= 4 is 34.8 Å². The maximum Gasteiger partial charge on any atom is 0.416 e. The van der Waals surface area contributed by atoms with Crippen LogP contribution < -0.4 is 20.7 Å². The number of hydrogen-bond donors (Lipinski definition) is 3. The first-order valence-electron chi connectivity index (χ1n) is 10.9. The van der Waals surface area contributed by atoms with Gasteiger partial charge in [-0.3, -0.25) is 9.59 Å². The minimum absolute atomic E-state index is 0.0747. The number of fused-ring (bicyclic) bond motifs is 3. The molecule has 5 rings (SSSR count). The molecule has 186 valence electrons. The fourth-order valence-electron chi connectivity index (χ4n) is 4.42. The van der Waals surface area contributed by atoms with Crippen molar-refractivity contribution in [2.75, 3.05) is 17.4 Å². The smallest absolute Gasteiger partial charge is 0.416 e. The third kappa shape index (κ3) is 4.11. The summed E-state index contributed by atoms with van der Waals surface area (Å²) in [5, 5.41) is 8.51. The van der Waals surface area contributed by atoms with E-state index < -0.39 is 35.4 Å². The maximum atomic E-state index is 14.1. The second-order valence-corrected chi connectivity index (χ2v) is 8.75. The van der Waals surface area contributed by atoms with E-state index in [0.29, 0.717) is 16.8 Å². The Morgan fingerprint density at radius 3 is 2.69 bits per heavy atom. The standard InChI is InChI=1S/C25H18ClF4N3O3/c1-2-11-5-12(7-13(6-11)25(28,29)30)23(34)32-17-9-18-22(31-10-36-18)20-19(17)21(33-24(20)35)15-8-14(27)3-4-16(15)26/h3-9,21,31H,2,10H2,1H3,(H,32,34)(H,33,35). The average molecular weight is 520 g/mol. The van der Waals surface area contributed by atoms with Crippen molar-refractivity contribution in [1.29, 1.82) is 0 Å². The van der Waals surface area contributed by atoms with Crippen LogP contribution in [0.4, 0.5) is 28.9 Å². The van der Waals surface area contributed by atoms with Crippen molar-refractivity contribution in [1.82, 2.24) is 5.32 Å². The molecular weight excluding hydrogens is 502 g/mol. The number of nitrogens with one attached hydrogen (secondary N) is 3. The third-order valence-corrected chi connectivity index (χ3v) is 6.45. The van der Waals surface area contributed by atoms with Crippen molar-refractivity contribution < 1.29 is 31.9 Å². The normalized spacial score (nSPS) is 16.1. The van der Waals surface area contributed by atoms with Crippen molar-refractivity contribution in [3.8, 4) is 5.75 Å². The van der Waals surface area contributed by atoms with Crippen molar-refractivity contribution in [3.63, 3.8) is 0 Å². The molecule has 0 saturated heterocycles. The van der Waals surface area contributed by atoms with Crippen LogP contribution in [-0.2, 0) is 12.6 Å². The maximum absolute atomic E-state index is 14.1. The summed E-state index contributed by atoms with van der Waals surface area (Å²) in [7, 11) is 0. The summed E-state index contributed by atoms with van der Waals surface area (Å²) in [6.07, 6.45) is -4.35. The number of ether oxygens (including phenoxy) is 1. The molecule has 0 spiro atoms. The number of carbonyl (C=O) groups is 2. The van der Waals surface area contributed by atoms with Crippen LogP contribution in [0.2, 0.25) is 5.02 Å². The van der Waals surface area contributed by atoms with Crippen LogP contribution >= 0.6 is 11.6 Å². The molecule has 2 aliphatic rings. The summed E-state index contributed by atoms with van der Waals surface area (Å²) in [4.78, 5) is 26.2. The van der Waals surface area contributed by atoms with Crippen LogP contribution in [-0.4, -0.2) is 18.5 Å². The molecule has 11 heteroatoms. The first-order valence-corrected chi connectivity index (χ1v) is 11.3. The molecule has 0 saturated carbocycles. The van der Waals surface area contributed by atoms with Crippen LogP contribution in [0.25, 0.3) is 0 Å². The summed E-state index contributed by atoms with van der Waals surface area (Å²) in [5.41, 5.74) is 0.421. The molecule has 3 aromatic carbocycles. The third-order valence-electron chi connectivity index (χ3n) is 6.11. The lowest BCUT2D eigenvalue weighted by molar-refractivity contribution is -0.137. The zero-order valence-corrected chi connectivity index (χ0v) is 19.4. The molecule has 2 heterocycles. The topological polar surface area (TPSA) is 79.5 Å². The van der Waals surface area contributed by atoms with Gasteiger partial charge in [-0.05, 0) is 48.4 Å². The highest BCUT2D eigenvalue weighted by Crippen LogP contribution is 2.47. The first kappa shape index (κ1) is 23.9. The zero-order chi connectivity index (χ0) is 25.8. The Bertz CT molecular complexity index is 1420. The average Bonchev–Trinajstić information content (AvgIpc) is 3.44. The highest BCUT2D eigenvalue weighted by Gasteiger charge is 2.39. The van der Waals surface area contributed by atoms with Gasteiger partial charge in [0.1, 0.15) is 11.6 Å². The molecule has 1 atom stereocenters. The van der Waals surface area contributed by atoms with Gasteiger partial charge in [-0.2, -0.15) is 13.2 Å². The van der Waals surface area contributed by atoms with Gasteiger partial charge < -0.3 is 20.7 Å². The molecule has 0 aliphatic carbocycles. The van der Waals surface area contributed by atoms with E-state index in [2.05, 4.69) is 16.0 Å². The van der Waals surface area contributed by atoms with E-state index in [0.717, 1.165) is 12.1 Å². The number of halogens is 5. The molecule has 6 nitrogen and oxygen atoms in total. The van der Waals surface area contributed by atoms with Crippen molar-refractivity contribution in [2.45, 2.75) is 25.6 Å². The second-order valence-electron chi connectivity index (χ2n) is 8.35. The van der Waals surface area contributed by atoms with Gasteiger partial charge in [0, 0.05) is 27.8 Å². The second kappa shape index (κ2) is 8.70. The van der Waals surface area contributed by atoms with E-state index in [9.17, 15) is 27.2 Å². The highest BCUT2D eigenvalue weighted by atomic mass is 35.5. The van der Waals surface area contributed by atoms with Crippen LogP contribution in [0.3, 0.4) is 0 Å². The van der Waals surface area contributed by atoms with Crippen molar-refractivity contribution in [2.24, 2.45) is 0 Å². The Kier molecular flexibility index (Phi) is 5.78. The molecular formula is C25H18ClF4N3O3. The van der Waals surface area contributed by atoms with Gasteiger partial charge in [0.05, 0.1) is 28.5 Å². The van der Waals surface area contributed by atoms with Crippen LogP contribution in [0.1, 0.15) is 55.9 Å². The molecule has 3 aromatic rings. The number of carbonyl (C=O) groups excluding carboxylic acids is 2. The van der Waals surface area contributed by atoms with E-state index >= 15 is 0 Å². The van der Waals surface area contributed by atoms with Gasteiger partial charge in [-0.25, -0.2) is 4.39 Å². The number of hydrogen-bond acceptors (Lipinski definition) is 4. The largest absolute Gasteiger partial charge is 0.471 e. The molecule has 0 bridgehead atoms. The van der Waals surface area contributed by atoms with Gasteiger partial charge in [0.25, 0.3) is 11.8 Å². The zero-order valence-electron chi connectivity index (χ0n) is 18.6. The van der Waals surface area contributed by atoms with Gasteiger partial charge in [-0.15, -0.1) is 0 Å². The fraction of sp³-hybridized carbons (Fsp3) is 0.200. The molecule has 2 aliphatic heterocycles. The molecule has 3 N–H and O–H groups in total. The van der Waals surface area contributed by atoms with Gasteiger partial charge >= 0.3 is 6.18 Å². The summed E-state index contributed by atoms with van der Waals surface area (Å²) in [6, 6.07) is 7.37. The van der Waals surface area contributed by atoms with E-state index in [4.69, 9.17) is 16.3 Å². The predicted molar refractivity (Wildman–Crippen MR) is 125 cm³/mol. The Morgan fingerprint density at radius 2 is 1.97 bits per heavy atom. The number of amides is 2. The Labute approximate surface area is 207 Å². The first-order chi connectivity index (χ1) is 17.1. The predicted octanol–water partition coefficient (Wildman–Crippen LogP) is 5.91. The molecule has 0 radical (unpaired) electrons. The lowest BCUT2D eigenvalue weighted by Gasteiger charge is -2.19. The lowest BCUT2D eigenvalue weighted by atomic mass is 9.94. The SMILES string of the molecule is CCc1cc(C(=O)Nc2cc3c(c4c2C(c2cc(F)ccc2Cl)NC4=O)NCO3)cc(C(F)(F)F)c1. The summed E-state index contributed by atoms with van der Waals surface area (Å²) in [6.45, 7) is 1.75. The molecule has 2 amide bonds. The number of alkyl halides is 3. The van der Waals surface area contributed by atoms with Gasteiger partial charge in [0.15, 0.2) is 6.73 Å². The van der Waals surface area contributed by atoms with Gasteiger partial charge in [0.2, 0.25) is 0 Å². The minimum atomic E-state index is -4.63.